The molecule has 31 heavy (non-hydrogen) atoms. The quantitative estimate of drug-likeness (QED) is 0.659. The van der Waals surface area contributed by atoms with Crippen molar-refractivity contribution in [1.29, 1.82) is 0 Å². The van der Waals surface area contributed by atoms with E-state index in [1.165, 1.54) is 42.5 Å². The standard InChI is InChI=1S/C28H41NO2/c1-27-13-11-22(30)17-20(27)7-10-23-24(27)12-14-28(2)25(23)16-19(26(28)31)15-18-5-8-21(9-6-18)29(3)4/h5-6,8-9,15,20,22-26,30-31H,7,10-14,16-17H2,1-4H3/b19-15-/t20-,22-,23-,24+,25+,26-,27-,28-/m0/s1. The predicted molar refractivity (Wildman–Crippen MR) is 128 cm³/mol. The second-order valence-electron chi connectivity index (χ2n) is 11.9. The maximum absolute atomic E-state index is 11.5. The molecule has 0 amide bonds. The van der Waals surface area contributed by atoms with Crippen LogP contribution < -0.4 is 4.90 Å². The summed E-state index contributed by atoms with van der Waals surface area (Å²) in [5.41, 5.74) is 4.07. The summed E-state index contributed by atoms with van der Waals surface area (Å²) in [5, 5.41) is 21.7. The van der Waals surface area contributed by atoms with Gasteiger partial charge in [0.2, 0.25) is 0 Å². The van der Waals surface area contributed by atoms with Crippen LogP contribution in [0.1, 0.15) is 70.8 Å². The molecule has 170 valence electrons. The summed E-state index contributed by atoms with van der Waals surface area (Å²) in [5.74, 6) is 2.78. The molecule has 8 atom stereocenters. The first-order valence-electron chi connectivity index (χ1n) is 12.6. The molecule has 5 rings (SSSR count). The van der Waals surface area contributed by atoms with Gasteiger partial charge in [-0.1, -0.05) is 32.1 Å². The molecule has 4 fully saturated rings. The van der Waals surface area contributed by atoms with Crippen molar-refractivity contribution in [2.75, 3.05) is 19.0 Å². The Morgan fingerprint density at radius 1 is 0.903 bits per heavy atom. The number of hydrogen-bond acceptors (Lipinski definition) is 3. The number of aliphatic hydroxyl groups excluding tert-OH is 2. The zero-order valence-electron chi connectivity index (χ0n) is 19.8. The zero-order chi connectivity index (χ0) is 22.0. The first kappa shape index (κ1) is 21.5. The fourth-order valence-corrected chi connectivity index (χ4v) is 8.32. The van der Waals surface area contributed by atoms with Crippen LogP contribution in [-0.2, 0) is 0 Å². The summed E-state index contributed by atoms with van der Waals surface area (Å²) in [6, 6.07) is 8.69. The molecule has 4 aliphatic rings. The van der Waals surface area contributed by atoms with Gasteiger partial charge in [0.05, 0.1) is 12.2 Å². The molecule has 0 radical (unpaired) electrons. The monoisotopic (exact) mass is 423 g/mol. The second kappa shape index (κ2) is 7.63. The molecule has 0 heterocycles. The summed E-state index contributed by atoms with van der Waals surface area (Å²) in [6.45, 7) is 4.91. The van der Waals surface area contributed by atoms with Crippen LogP contribution in [0.5, 0.6) is 0 Å². The molecule has 3 nitrogen and oxygen atoms in total. The van der Waals surface area contributed by atoms with Crippen molar-refractivity contribution in [2.45, 2.75) is 77.4 Å². The molecule has 0 aromatic heterocycles. The van der Waals surface area contributed by atoms with Crippen molar-refractivity contribution in [2.24, 2.45) is 34.5 Å². The van der Waals surface area contributed by atoms with Crippen LogP contribution in [0.25, 0.3) is 6.08 Å². The molecule has 0 bridgehead atoms. The molecule has 4 aliphatic carbocycles. The smallest absolute Gasteiger partial charge is 0.0809 e. The minimum Gasteiger partial charge on any atom is -0.393 e. The fraction of sp³-hybridized carbons (Fsp3) is 0.714. The second-order valence-corrected chi connectivity index (χ2v) is 11.9. The average Bonchev–Trinajstić information content (AvgIpc) is 2.99. The Balaban J connectivity index is 1.40. The lowest BCUT2D eigenvalue weighted by atomic mass is 9.45. The minimum atomic E-state index is -0.314. The molecular weight excluding hydrogens is 382 g/mol. The van der Waals surface area contributed by atoms with Crippen molar-refractivity contribution >= 4 is 11.8 Å². The number of nitrogens with zero attached hydrogens (tertiary/aromatic N) is 1. The molecule has 0 aliphatic heterocycles. The van der Waals surface area contributed by atoms with Gasteiger partial charge in [-0.15, -0.1) is 0 Å². The molecule has 0 saturated heterocycles. The Hall–Kier alpha value is -1.32. The van der Waals surface area contributed by atoms with E-state index in [0.717, 1.165) is 37.5 Å². The highest BCUT2D eigenvalue weighted by Gasteiger charge is 2.61. The van der Waals surface area contributed by atoms with Crippen molar-refractivity contribution < 1.29 is 10.2 Å². The maximum Gasteiger partial charge on any atom is 0.0809 e. The van der Waals surface area contributed by atoms with Gasteiger partial charge in [0.1, 0.15) is 0 Å². The molecule has 1 aromatic carbocycles. The van der Waals surface area contributed by atoms with Gasteiger partial charge in [0.25, 0.3) is 0 Å². The SMILES string of the molecule is CN(C)c1ccc(/C=C2/C[C@@H]3[C@H]4CC[C@H]5C[C@@H](O)CC[C@]5(C)[C@@H]4CC[C@]3(C)[C@H]2O)cc1. The first-order valence-corrected chi connectivity index (χ1v) is 12.6. The number of aliphatic hydroxyl groups is 2. The van der Waals surface area contributed by atoms with E-state index in [9.17, 15) is 10.2 Å². The van der Waals surface area contributed by atoms with E-state index in [1.54, 1.807) is 0 Å². The molecular formula is C28H41NO2. The predicted octanol–water partition coefficient (Wildman–Crippen LogP) is 5.51. The van der Waals surface area contributed by atoms with E-state index in [-0.39, 0.29) is 17.6 Å². The summed E-state index contributed by atoms with van der Waals surface area (Å²) >= 11 is 0. The Kier molecular flexibility index (Phi) is 5.29. The first-order chi connectivity index (χ1) is 14.7. The summed E-state index contributed by atoms with van der Waals surface area (Å²) in [4.78, 5) is 2.12. The van der Waals surface area contributed by atoms with Crippen LogP contribution in [-0.4, -0.2) is 36.5 Å². The highest BCUT2D eigenvalue weighted by molar-refractivity contribution is 5.59. The lowest BCUT2D eigenvalue weighted by molar-refractivity contribution is -0.133. The lowest BCUT2D eigenvalue weighted by Crippen LogP contribution is -2.54. The van der Waals surface area contributed by atoms with Crippen molar-refractivity contribution in [1.82, 2.24) is 0 Å². The Labute approximate surface area is 188 Å². The number of fused-ring (bicyclic) bond motifs is 5. The number of hydrogen-bond donors (Lipinski definition) is 2. The van der Waals surface area contributed by atoms with E-state index in [4.69, 9.17) is 0 Å². The molecule has 0 unspecified atom stereocenters. The van der Waals surface area contributed by atoms with Gasteiger partial charge < -0.3 is 15.1 Å². The highest BCUT2D eigenvalue weighted by atomic mass is 16.3. The minimum absolute atomic E-state index is 0.0218. The Morgan fingerprint density at radius 3 is 2.32 bits per heavy atom. The summed E-state index contributed by atoms with van der Waals surface area (Å²) in [7, 11) is 4.14. The van der Waals surface area contributed by atoms with Gasteiger partial charge in [-0.3, -0.25) is 0 Å². The third kappa shape index (κ3) is 3.38. The van der Waals surface area contributed by atoms with Crippen molar-refractivity contribution in [3.05, 3.63) is 35.4 Å². The highest BCUT2D eigenvalue weighted by Crippen LogP contribution is 2.67. The number of benzene rings is 1. The number of anilines is 1. The fourth-order valence-electron chi connectivity index (χ4n) is 8.32. The molecule has 3 heteroatoms. The third-order valence-electron chi connectivity index (χ3n) is 10.3. The normalized spacial score (nSPS) is 45.7. The van der Waals surface area contributed by atoms with E-state index >= 15 is 0 Å². The van der Waals surface area contributed by atoms with Gasteiger partial charge in [0.15, 0.2) is 0 Å². The van der Waals surface area contributed by atoms with Crippen LogP contribution in [0.2, 0.25) is 0 Å². The van der Waals surface area contributed by atoms with E-state index < -0.39 is 0 Å². The number of rotatable bonds is 2. The van der Waals surface area contributed by atoms with Gasteiger partial charge in [-0.2, -0.15) is 0 Å². The maximum atomic E-state index is 11.5. The average molecular weight is 424 g/mol. The van der Waals surface area contributed by atoms with E-state index in [1.807, 2.05) is 0 Å². The van der Waals surface area contributed by atoms with Gasteiger partial charge in [-0.05, 0) is 104 Å². The van der Waals surface area contributed by atoms with Crippen LogP contribution in [0, 0.1) is 34.5 Å². The zero-order valence-corrected chi connectivity index (χ0v) is 19.8. The summed E-state index contributed by atoms with van der Waals surface area (Å²) < 4.78 is 0. The largest absolute Gasteiger partial charge is 0.393 e. The van der Waals surface area contributed by atoms with Gasteiger partial charge in [-0.25, -0.2) is 0 Å². The topological polar surface area (TPSA) is 43.7 Å². The Bertz CT molecular complexity index is 845. The molecule has 2 N–H and O–H groups in total. The van der Waals surface area contributed by atoms with Crippen molar-refractivity contribution in [3.63, 3.8) is 0 Å². The Morgan fingerprint density at radius 2 is 1.61 bits per heavy atom. The van der Waals surface area contributed by atoms with Crippen molar-refractivity contribution in [3.8, 4) is 0 Å². The third-order valence-corrected chi connectivity index (χ3v) is 10.3. The van der Waals surface area contributed by atoms with Crippen LogP contribution in [0.4, 0.5) is 5.69 Å². The molecule has 0 spiro atoms. The van der Waals surface area contributed by atoms with Crippen LogP contribution >= 0.6 is 0 Å². The summed E-state index contributed by atoms with van der Waals surface area (Å²) in [6.07, 6.45) is 11.1. The lowest BCUT2D eigenvalue weighted by Gasteiger charge is -2.60. The molecule has 1 aromatic rings. The van der Waals surface area contributed by atoms with Gasteiger partial charge >= 0.3 is 0 Å². The van der Waals surface area contributed by atoms with E-state index in [0.29, 0.717) is 17.3 Å². The van der Waals surface area contributed by atoms with Gasteiger partial charge in [0, 0.05) is 25.2 Å². The van der Waals surface area contributed by atoms with E-state index in [2.05, 4.69) is 63.2 Å². The van der Waals surface area contributed by atoms with Crippen LogP contribution in [0.15, 0.2) is 29.8 Å². The molecule has 4 saturated carbocycles. The van der Waals surface area contributed by atoms with Crippen LogP contribution in [0.3, 0.4) is 0 Å².